The summed E-state index contributed by atoms with van der Waals surface area (Å²) in [6, 6.07) is 1.97. The molecular formula is C16H24N4O3. The highest BCUT2D eigenvalue weighted by molar-refractivity contribution is 5.87. The van der Waals surface area contributed by atoms with Crippen LogP contribution in [-0.4, -0.2) is 52.3 Å². The Morgan fingerprint density at radius 1 is 1.43 bits per heavy atom. The van der Waals surface area contributed by atoms with E-state index in [2.05, 4.69) is 10.4 Å². The average Bonchev–Trinajstić information content (AvgIpc) is 3.24. The number of hydrogen-bond donors (Lipinski definition) is 1. The van der Waals surface area contributed by atoms with E-state index >= 15 is 0 Å². The van der Waals surface area contributed by atoms with E-state index in [0.29, 0.717) is 18.8 Å². The van der Waals surface area contributed by atoms with Crippen LogP contribution in [0.2, 0.25) is 0 Å². The third-order valence-electron chi connectivity index (χ3n) is 4.51. The molecule has 3 rings (SSSR count). The molecule has 1 N–H and O–H groups in total. The molecule has 1 aromatic rings. The van der Waals surface area contributed by atoms with E-state index in [9.17, 15) is 9.59 Å². The van der Waals surface area contributed by atoms with Crippen LogP contribution in [0.5, 0.6) is 0 Å². The fraction of sp³-hybridized carbons (Fsp3) is 0.688. The number of likely N-dealkylation sites (tertiary alicyclic amines) is 1. The van der Waals surface area contributed by atoms with E-state index in [-0.39, 0.29) is 24.0 Å². The van der Waals surface area contributed by atoms with Gasteiger partial charge < -0.3 is 15.0 Å². The molecule has 1 aromatic heterocycles. The van der Waals surface area contributed by atoms with Crippen molar-refractivity contribution in [1.29, 1.82) is 0 Å². The summed E-state index contributed by atoms with van der Waals surface area (Å²) in [6.45, 7) is 3.75. The topological polar surface area (TPSA) is 76.5 Å². The van der Waals surface area contributed by atoms with Crippen molar-refractivity contribution in [2.24, 2.45) is 0 Å². The van der Waals surface area contributed by atoms with Gasteiger partial charge in [0.15, 0.2) is 5.82 Å². The van der Waals surface area contributed by atoms with E-state index in [4.69, 9.17) is 4.74 Å². The molecule has 2 fully saturated rings. The van der Waals surface area contributed by atoms with Gasteiger partial charge in [0.25, 0.3) is 0 Å². The lowest BCUT2D eigenvalue weighted by Gasteiger charge is -2.18. The third-order valence-corrected chi connectivity index (χ3v) is 4.51. The summed E-state index contributed by atoms with van der Waals surface area (Å²) in [5.41, 5.74) is 0. The quantitative estimate of drug-likeness (QED) is 0.893. The molecule has 0 saturated carbocycles. The molecule has 0 bridgehead atoms. The molecule has 0 aromatic carbocycles. The molecule has 0 unspecified atom stereocenters. The second-order valence-electron chi connectivity index (χ2n) is 6.32. The molecule has 2 amide bonds. The Morgan fingerprint density at radius 2 is 2.30 bits per heavy atom. The number of aromatic nitrogens is 2. The highest BCUT2D eigenvalue weighted by Gasteiger charge is 2.28. The molecule has 2 aliphatic heterocycles. The van der Waals surface area contributed by atoms with Gasteiger partial charge in [-0.2, -0.15) is 5.10 Å². The summed E-state index contributed by atoms with van der Waals surface area (Å²) in [6.07, 6.45) is 6.60. The Labute approximate surface area is 136 Å². The van der Waals surface area contributed by atoms with Crippen molar-refractivity contribution < 1.29 is 14.3 Å². The summed E-state index contributed by atoms with van der Waals surface area (Å²) < 4.78 is 7.42. The van der Waals surface area contributed by atoms with Gasteiger partial charge in [-0.15, -0.1) is 0 Å². The lowest BCUT2D eigenvalue weighted by Crippen LogP contribution is -2.29. The van der Waals surface area contributed by atoms with Crippen molar-refractivity contribution in [2.75, 3.05) is 25.0 Å². The normalized spacial score (nSPS) is 24.1. The van der Waals surface area contributed by atoms with Gasteiger partial charge in [0.05, 0.1) is 12.1 Å². The van der Waals surface area contributed by atoms with Gasteiger partial charge >= 0.3 is 0 Å². The highest BCUT2D eigenvalue weighted by atomic mass is 16.5. The van der Waals surface area contributed by atoms with Gasteiger partial charge in [-0.3, -0.25) is 14.3 Å². The molecule has 2 saturated heterocycles. The number of ether oxygens (including phenoxy) is 1. The number of carbonyl (C=O) groups excluding carboxylic acids is 2. The van der Waals surface area contributed by atoms with Crippen LogP contribution in [0.4, 0.5) is 5.82 Å². The number of nitrogens with one attached hydrogen (secondary N) is 1. The minimum atomic E-state index is -0.132. The Kier molecular flexibility index (Phi) is 4.95. The van der Waals surface area contributed by atoms with Crippen molar-refractivity contribution >= 4 is 17.6 Å². The number of anilines is 1. The number of carbonyl (C=O) groups is 2. The van der Waals surface area contributed by atoms with Crippen LogP contribution in [0.15, 0.2) is 12.3 Å². The van der Waals surface area contributed by atoms with Crippen molar-refractivity contribution in [3.8, 4) is 0 Å². The monoisotopic (exact) mass is 320 g/mol. The van der Waals surface area contributed by atoms with Crippen LogP contribution < -0.4 is 5.32 Å². The smallest absolute Gasteiger partial charge is 0.222 e. The zero-order valence-electron chi connectivity index (χ0n) is 13.5. The van der Waals surface area contributed by atoms with Gasteiger partial charge in [-0.1, -0.05) is 0 Å². The Hall–Kier alpha value is -1.89. The summed E-state index contributed by atoms with van der Waals surface area (Å²) in [4.78, 5) is 25.3. The fourth-order valence-corrected chi connectivity index (χ4v) is 3.29. The van der Waals surface area contributed by atoms with Crippen molar-refractivity contribution in [3.63, 3.8) is 0 Å². The van der Waals surface area contributed by atoms with Crippen LogP contribution in [0, 0.1) is 0 Å². The fourth-order valence-electron chi connectivity index (χ4n) is 3.29. The predicted molar refractivity (Wildman–Crippen MR) is 85.0 cm³/mol. The first-order valence-corrected chi connectivity index (χ1v) is 8.34. The summed E-state index contributed by atoms with van der Waals surface area (Å²) in [7, 11) is 0. The zero-order valence-corrected chi connectivity index (χ0v) is 13.5. The van der Waals surface area contributed by atoms with Crippen LogP contribution in [-0.2, 0) is 14.3 Å². The molecule has 126 valence electrons. The maximum absolute atomic E-state index is 12.3. The lowest BCUT2D eigenvalue weighted by atomic mass is 10.1. The zero-order chi connectivity index (χ0) is 16.2. The maximum Gasteiger partial charge on any atom is 0.222 e. The number of rotatable bonds is 5. The molecule has 2 aliphatic rings. The number of amides is 2. The predicted octanol–water partition coefficient (Wildman–Crippen LogP) is 1.57. The third kappa shape index (κ3) is 4.10. The van der Waals surface area contributed by atoms with Gasteiger partial charge in [-0.05, 0) is 25.7 Å². The summed E-state index contributed by atoms with van der Waals surface area (Å²) >= 11 is 0. The molecule has 0 spiro atoms. The van der Waals surface area contributed by atoms with Gasteiger partial charge in [0.1, 0.15) is 0 Å². The standard InChI is InChI=1S/C16H24N4O3/c1-12(21)17-15-7-9-20(18-15)13-6-8-19(11-13)16(22)5-4-14-3-2-10-23-14/h7,9,13-14H,2-6,8,10-11H2,1H3,(H,17,18,21)/t13-,14+/m0/s1. The Morgan fingerprint density at radius 3 is 3.04 bits per heavy atom. The van der Waals surface area contributed by atoms with Crippen molar-refractivity contribution in [1.82, 2.24) is 14.7 Å². The second kappa shape index (κ2) is 7.12. The summed E-state index contributed by atoms with van der Waals surface area (Å²) in [5, 5.41) is 7.03. The molecule has 7 nitrogen and oxygen atoms in total. The highest BCUT2D eigenvalue weighted by Crippen LogP contribution is 2.24. The molecule has 0 radical (unpaired) electrons. The lowest BCUT2D eigenvalue weighted by molar-refractivity contribution is -0.130. The van der Waals surface area contributed by atoms with E-state index in [0.717, 1.165) is 38.8 Å². The van der Waals surface area contributed by atoms with Gasteiger partial charge in [-0.25, -0.2) is 0 Å². The van der Waals surface area contributed by atoms with E-state index in [1.54, 1.807) is 6.07 Å². The second-order valence-corrected chi connectivity index (χ2v) is 6.32. The number of nitrogens with zero attached hydrogens (tertiary/aromatic N) is 3. The van der Waals surface area contributed by atoms with Crippen molar-refractivity contribution in [3.05, 3.63) is 12.3 Å². The van der Waals surface area contributed by atoms with E-state index in [1.807, 2.05) is 15.8 Å². The van der Waals surface area contributed by atoms with Crippen molar-refractivity contribution in [2.45, 2.75) is 51.2 Å². The average molecular weight is 320 g/mol. The largest absolute Gasteiger partial charge is 0.378 e. The van der Waals surface area contributed by atoms with Crippen LogP contribution in [0.3, 0.4) is 0 Å². The van der Waals surface area contributed by atoms with E-state index in [1.165, 1.54) is 6.92 Å². The Balaban J connectivity index is 1.48. The minimum absolute atomic E-state index is 0.132. The molecule has 3 heterocycles. The Bertz CT molecular complexity index is 565. The molecular weight excluding hydrogens is 296 g/mol. The molecule has 0 aliphatic carbocycles. The van der Waals surface area contributed by atoms with E-state index < -0.39 is 0 Å². The summed E-state index contributed by atoms with van der Waals surface area (Å²) in [5.74, 6) is 0.630. The van der Waals surface area contributed by atoms with Gasteiger partial charge in [0.2, 0.25) is 11.8 Å². The molecule has 7 heteroatoms. The van der Waals surface area contributed by atoms with Crippen LogP contribution in [0.25, 0.3) is 0 Å². The minimum Gasteiger partial charge on any atom is -0.378 e. The SMILES string of the molecule is CC(=O)Nc1ccn([C@H]2CCN(C(=O)CC[C@H]3CCCO3)C2)n1. The van der Waals surface area contributed by atoms with Crippen LogP contribution >= 0.6 is 0 Å². The maximum atomic E-state index is 12.3. The molecule has 23 heavy (non-hydrogen) atoms. The van der Waals surface area contributed by atoms with Gasteiger partial charge in [0, 0.05) is 45.3 Å². The number of hydrogen-bond acceptors (Lipinski definition) is 4. The first-order valence-electron chi connectivity index (χ1n) is 8.34. The first kappa shape index (κ1) is 16.0. The van der Waals surface area contributed by atoms with Crippen LogP contribution in [0.1, 0.15) is 45.1 Å². The first-order chi connectivity index (χ1) is 11.1. The molecule has 2 atom stereocenters.